The molecule has 0 bridgehead atoms. The van der Waals surface area contributed by atoms with Gasteiger partial charge in [-0.25, -0.2) is 0 Å². The van der Waals surface area contributed by atoms with Gasteiger partial charge >= 0.3 is 0 Å². The summed E-state index contributed by atoms with van der Waals surface area (Å²) in [5, 5.41) is 2.86. The van der Waals surface area contributed by atoms with Gasteiger partial charge in [0, 0.05) is 38.8 Å². The molecule has 1 N–H and O–H groups in total. The zero-order valence-electron chi connectivity index (χ0n) is 13.8. The van der Waals surface area contributed by atoms with Crippen molar-refractivity contribution >= 4 is 5.91 Å². The highest BCUT2D eigenvalue weighted by atomic mass is 16.5. The third kappa shape index (κ3) is 4.45. The second kappa shape index (κ2) is 8.15. The van der Waals surface area contributed by atoms with Crippen LogP contribution in [-0.2, 0) is 4.79 Å². The van der Waals surface area contributed by atoms with Gasteiger partial charge in [-0.1, -0.05) is 12.1 Å². The first kappa shape index (κ1) is 16.8. The molecule has 1 amide bonds. The van der Waals surface area contributed by atoms with Crippen LogP contribution in [-0.4, -0.2) is 62.1 Å². The van der Waals surface area contributed by atoms with Crippen molar-refractivity contribution in [2.24, 2.45) is 0 Å². The number of hydrogen-bond donors (Lipinski definition) is 1. The molecule has 1 atom stereocenters. The molecule has 0 radical (unpaired) electrons. The Labute approximate surface area is 133 Å². The number of piperazine rings is 1. The summed E-state index contributed by atoms with van der Waals surface area (Å²) in [5.74, 6) is 1.02. The number of methoxy groups -OCH3 is 1. The molecular weight excluding hydrogens is 278 g/mol. The van der Waals surface area contributed by atoms with Gasteiger partial charge in [-0.3, -0.25) is 14.6 Å². The van der Waals surface area contributed by atoms with Crippen molar-refractivity contribution in [3.8, 4) is 5.75 Å². The van der Waals surface area contributed by atoms with Crippen LogP contribution in [0.1, 0.15) is 25.5 Å². The lowest BCUT2D eigenvalue weighted by atomic mass is 10.1. The van der Waals surface area contributed by atoms with E-state index in [1.54, 1.807) is 7.11 Å². The zero-order valence-corrected chi connectivity index (χ0v) is 13.8. The molecule has 1 heterocycles. The van der Waals surface area contributed by atoms with Gasteiger partial charge in [0.05, 0.1) is 13.7 Å². The molecule has 1 aromatic rings. The van der Waals surface area contributed by atoms with Crippen molar-refractivity contribution in [3.05, 3.63) is 29.8 Å². The van der Waals surface area contributed by atoms with E-state index in [0.29, 0.717) is 19.1 Å². The van der Waals surface area contributed by atoms with Crippen LogP contribution in [0.2, 0.25) is 0 Å². The number of nitrogens with zero attached hydrogens (tertiary/aromatic N) is 2. The summed E-state index contributed by atoms with van der Waals surface area (Å²) in [6, 6.07) is 8.62. The van der Waals surface area contributed by atoms with E-state index in [-0.39, 0.29) is 5.91 Å². The first-order chi connectivity index (χ1) is 10.6. The van der Waals surface area contributed by atoms with E-state index in [1.807, 2.05) is 19.1 Å². The monoisotopic (exact) mass is 305 g/mol. The molecule has 0 aromatic heterocycles. The largest absolute Gasteiger partial charge is 0.497 e. The molecule has 1 aliphatic rings. The number of amides is 1. The molecule has 1 fully saturated rings. The van der Waals surface area contributed by atoms with Gasteiger partial charge < -0.3 is 10.1 Å². The van der Waals surface area contributed by atoms with Gasteiger partial charge in [-0.15, -0.1) is 0 Å². The smallest absolute Gasteiger partial charge is 0.234 e. The Hall–Kier alpha value is -1.59. The quantitative estimate of drug-likeness (QED) is 0.865. The lowest BCUT2D eigenvalue weighted by Gasteiger charge is -2.38. The highest BCUT2D eigenvalue weighted by Gasteiger charge is 2.23. The van der Waals surface area contributed by atoms with E-state index in [9.17, 15) is 4.79 Å². The van der Waals surface area contributed by atoms with E-state index in [2.05, 4.69) is 34.2 Å². The van der Waals surface area contributed by atoms with E-state index >= 15 is 0 Å². The number of likely N-dealkylation sites (N-methyl/N-ethyl adjacent to an activating group) is 1. The summed E-state index contributed by atoms with van der Waals surface area (Å²) < 4.78 is 5.30. The lowest BCUT2D eigenvalue weighted by molar-refractivity contribution is -0.122. The first-order valence-electron chi connectivity index (χ1n) is 8.01. The minimum Gasteiger partial charge on any atom is -0.497 e. The molecule has 0 spiro atoms. The van der Waals surface area contributed by atoms with Crippen molar-refractivity contribution in [1.29, 1.82) is 0 Å². The van der Waals surface area contributed by atoms with E-state index < -0.39 is 0 Å². The van der Waals surface area contributed by atoms with Crippen LogP contribution in [0.5, 0.6) is 5.75 Å². The number of benzene rings is 1. The zero-order chi connectivity index (χ0) is 15.9. The molecule has 122 valence electrons. The van der Waals surface area contributed by atoms with Crippen LogP contribution in [0.3, 0.4) is 0 Å². The summed E-state index contributed by atoms with van der Waals surface area (Å²) in [7, 11) is 1.70. The molecule has 1 saturated heterocycles. The summed E-state index contributed by atoms with van der Waals surface area (Å²) in [6.45, 7) is 9.23. The standard InChI is InChI=1S/C17H27N3O2/c1-4-18-17(21)13-19-8-10-20(11-9-19)14(2)15-6-5-7-16(12-15)22-3/h5-7,12,14H,4,8-11,13H2,1-3H3,(H,18,21). The molecule has 1 aliphatic heterocycles. The summed E-state index contributed by atoms with van der Waals surface area (Å²) in [6.07, 6.45) is 0. The Bertz CT molecular complexity index is 485. The highest BCUT2D eigenvalue weighted by molar-refractivity contribution is 5.77. The minimum atomic E-state index is 0.122. The second-order valence-electron chi connectivity index (χ2n) is 5.72. The average Bonchev–Trinajstić information content (AvgIpc) is 2.55. The fourth-order valence-electron chi connectivity index (χ4n) is 2.88. The van der Waals surface area contributed by atoms with E-state index in [1.165, 1.54) is 5.56 Å². The van der Waals surface area contributed by atoms with Crippen LogP contribution < -0.4 is 10.1 Å². The van der Waals surface area contributed by atoms with Crippen LogP contribution in [0.15, 0.2) is 24.3 Å². The number of carbonyl (C=O) groups is 1. The number of rotatable bonds is 6. The normalized spacial score (nSPS) is 18.0. The van der Waals surface area contributed by atoms with Gasteiger partial charge in [0.15, 0.2) is 0 Å². The van der Waals surface area contributed by atoms with Gasteiger partial charge in [-0.05, 0) is 31.5 Å². The molecule has 1 unspecified atom stereocenters. The Morgan fingerprint density at radius 1 is 1.32 bits per heavy atom. The summed E-state index contributed by atoms with van der Waals surface area (Å²) in [5.41, 5.74) is 1.27. The number of nitrogens with one attached hydrogen (secondary N) is 1. The Morgan fingerprint density at radius 3 is 2.68 bits per heavy atom. The molecule has 5 heteroatoms. The Morgan fingerprint density at radius 2 is 2.05 bits per heavy atom. The Kier molecular flexibility index (Phi) is 6.21. The highest BCUT2D eigenvalue weighted by Crippen LogP contribution is 2.24. The van der Waals surface area contributed by atoms with Crippen molar-refractivity contribution in [2.45, 2.75) is 19.9 Å². The molecule has 0 aliphatic carbocycles. The van der Waals surface area contributed by atoms with Crippen LogP contribution in [0, 0.1) is 0 Å². The van der Waals surface area contributed by atoms with Gasteiger partial charge in [0.2, 0.25) is 5.91 Å². The lowest BCUT2D eigenvalue weighted by Crippen LogP contribution is -2.49. The van der Waals surface area contributed by atoms with Gasteiger partial charge in [0.1, 0.15) is 5.75 Å². The number of hydrogen-bond acceptors (Lipinski definition) is 4. The van der Waals surface area contributed by atoms with Crippen LogP contribution in [0.25, 0.3) is 0 Å². The topological polar surface area (TPSA) is 44.8 Å². The van der Waals surface area contributed by atoms with Gasteiger partial charge in [0.25, 0.3) is 0 Å². The average molecular weight is 305 g/mol. The maximum Gasteiger partial charge on any atom is 0.234 e. The number of ether oxygens (including phenoxy) is 1. The molecule has 0 saturated carbocycles. The maximum absolute atomic E-state index is 11.6. The SMILES string of the molecule is CCNC(=O)CN1CCN(C(C)c2cccc(OC)c2)CC1. The summed E-state index contributed by atoms with van der Waals surface area (Å²) in [4.78, 5) is 16.3. The molecule has 22 heavy (non-hydrogen) atoms. The van der Waals surface area contributed by atoms with Crippen molar-refractivity contribution in [2.75, 3.05) is 46.4 Å². The summed E-state index contributed by atoms with van der Waals surface area (Å²) >= 11 is 0. The number of carbonyl (C=O) groups excluding carboxylic acids is 1. The predicted octanol–water partition coefficient (Wildman–Crippen LogP) is 1.51. The third-order valence-electron chi connectivity index (χ3n) is 4.27. The van der Waals surface area contributed by atoms with Crippen LogP contribution in [0.4, 0.5) is 0 Å². The second-order valence-corrected chi connectivity index (χ2v) is 5.72. The third-order valence-corrected chi connectivity index (χ3v) is 4.27. The van der Waals surface area contributed by atoms with Crippen LogP contribution >= 0.6 is 0 Å². The van der Waals surface area contributed by atoms with Crippen molar-refractivity contribution in [1.82, 2.24) is 15.1 Å². The maximum atomic E-state index is 11.6. The van der Waals surface area contributed by atoms with E-state index in [0.717, 1.165) is 31.9 Å². The Balaban J connectivity index is 1.86. The first-order valence-corrected chi connectivity index (χ1v) is 8.01. The molecule has 5 nitrogen and oxygen atoms in total. The molecular formula is C17H27N3O2. The van der Waals surface area contributed by atoms with Crippen molar-refractivity contribution < 1.29 is 9.53 Å². The molecule has 1 aromatic carbocycles. The predicted molar refractivity (Wildman–Crippen MR) is 88.1 cm³/mol. The molecule has 2 rings (SSSR count). The minimum absolute atomic E-state index is 0.122. The van der Waals surface area contributed by atoms with Gasteiger partial charge in [-0.2, -0.15) is 0 Å². The van der Waals surface area contributed by atoms with Crippen molar-refractivity contribution in [3.63, 3.8) is 0 Å². The fraction of sp³-hybridized carbons (Fsp3) is 0.588. The van der Waals surface area contributed by atoms with E-state index in [4.69, 9.17) is 4.74 Å². The fourth-order valence-corrected chi connectivity index (χ4v) is 2.88.